The van der Waals surface area contributed by atoms with Crippen LogP contribution in [0.1, 0.15) is 24.8 Å². The van der Waals surface area contributed by atoms with E-state index in [1.807, 2.05) is 18.2 Å². The van der Waals surface area contributed by atoms with Crippen molar-refractivity contribution in [3.8, 4) is 0 Å². The van der Waals surface area contributed by atoms with Crippen LogP contribution < -0.4 is 5.73 Å². The molecule has 0 amide bonds. The Morgan fingerprint density at radius 3 is 2.56 bits per heavy atom. The molecule has 1 atom stereocenters. The van der Waals surface area contributed by atoms with Crippen LogP contribution in [-0.2, 0) is 16.0 Å². The molecular weight excluding hydrogens is 230 g/mol. The molecule has 0 spiro atoms. The SMILES string of the molecule is [NH3+]C(COC1(C(=O)O)CCC1)Cc1ccccc1. The maximum atomic E-state index is 11.1. The molecule has 1 aliphatic carbocycles. The van der Waals surface area contributed by atoms with E-state index in [1.165, 1.54) is 5.56 Å². The van der Waals surface area contributed by atoms with Gasteiger partial charge in [0.1, 0.15) is 12.6 Å². The van der Waals surface area contributed by atoms with Crippen LogP contribution in [0.15, 0.2) is 30.3 Å². The molecule has 4 heteroatoms. The van der Waals surface area contributed by atoms with Gasteiger partial charge in [0.15, 0.2) is 5.60 Å². The number of hydrogen-bond acceptors (Lipinski definition) is 2. The van der Waals surface area contributed by atoms with Gasteiger partial charge in [-0.1, -0.05) is 30.3 Å². The Labute approximate surface area is 107 Å². The number of aliphatic carboxylic acids is 1. The second-order valence-corrected chi connectivity index (χ2v) is 5.02. The Bertz CT molecular complexity index is 401. The minimum Gasteiger partial charge on any atom is -0.479 e. The van der Waals surface area contributed by atoms with Gasteiger partial charge in [0.2, 0.25) is 0 Å². The molecular formula is C14H20NO3+. The van der Waals surface area contributed by atoms with Gasteiger partial charge in [-0.15, -0.1) is 0 Å². The minimum absolute atomic E-state index is 0.0872. The number of carboxylic acids is 1. The van der Waals surface area contributed by atoms with Crippen LogP contribution in [0, 0.1) is 0 Å². The monoisotopic (exact) mass is 250 g/mol. The second kappa shape index (κ2) is 5.50. The molecule has 1 fully saturated rings. The van der Waals surface area contributed by atoms with E-state index in [-0.39, 0.29) is 6.04 Å². The number of ether oxygens (including phenoxy) is 1. The van der Waals surface area contributed by atoms with E-state index >= 15 is 0 Å². The third-order valence-corrected chi connectivity index (χ3v) is 3.51. The third-order valence-electron chi connectivity index (χ3n) is 3.51. The summed E-state index contributed by atoms with van der Waals surface area (Å²) in [4.78, 5) is 11.1. The van der Waals surface area contributed by atoms with E-state index in [4.69, 9.17) is 9.84 Å². The number of carboxylic acid groups (broad SMARTS) is 1. The molecule has 0 radical (unpaired) electrons. The maximum Gasteiger partial charge on any atom is 0.335 e. The molecule has 1 unspecified atom stereocenters. The molecule has 4 N–H and O–H groups in total. The Morgan fingerprint density at radius 1 is 1.39 bits per heavy atom. The number of benzene rings is 1. The second-order valence-electron chi connectivity index (χ2n) is 5.02. The van der Waals surface area contributed by atoms with Crippen LogP contribution >= 0.6 is 0 Å². The lowest BCUT2D eigenvalue weighted by Crippen LogP contribution is -2.65. The zero-order valence-electron chi connectivity index (χ0n) is 10.5. The predicted octanol–water partition coefficient (Wildman–Crippen LogP) is 0.864. The Kier molecular flexibility index (Phi) is 3.99. The van der Waals surface area contributed by atoms with E-state index < -0.39 is 11.6 Å². The van der Waals surface area contributed by atoms with Crippen LogP contribution in [0.25, 0.3) is 0 Å². The van der Waals surface area contributed by atoms with Crippen molar-refractivity contribution >= 4 is 5.97 Å². The molecule has 0 saturated heterocycles. The zero-order chi connectivity index (χ0) is 13.0. The van der Waals surface area contributed by atoms with Crippen LogP contribution in [0.5, 0.6) is 0 Å². The van der Waals surface area contributed by atoms with Crippen LogP contribution in [0.4, 0.5) is 0 Å². The molecule has 1 saturated carbocycles. The maximum absolute atomic E-state index is 11.1. The highest BCUT2D eigenvalue weighted by Gasteiger charge is 2.46. The number of carbonyl (C=O) groups is 1. The molecule has 0 aromatic heterocycles. The largest absolute Gasteiger partial charge is 0.479 e. The molecule has 4 nitrogen and oxygen atoms in total. The number of hydrogen-bond donors (Lipinski definition) is 2. The quantitative estimate of drug-likeness (QED) is 0.786. The van der Waals surface area contributed by atoms with Crippen molar-refractivity contribution in [3.05, 3.63) is 35.9 Å². The molecule has 1 aliphatic rings. The van der Waals surface area contributed by atoms with E-state index in [0.29, 0.717) is 19.4 Å². The summed E-state index contributed by atoms with van der Waals surface area (Å²) in [5.74, 6) is -0.833. The summed E-state index contributed by atoms with van der Waals surface area (Å²) >= 11 is 0. The standard InChI is InChI=1S/C14H19NO3/c15-12(9-11-5-2-1-3-6-11)10-18-14(13(16)17)7-4-8-14/h1-3,5-6,12H,4,7-10,15H2,(H,16,17)/p+1. The normalized spacial score (nSPS) is 18.9. The Hall–Kier alpha value is -1.39. The minimum atomic E-state index is -0.924. The fourth-order valence-corrected chi connectivity index (χ4v) is 2.20. The zero-order valence-corrected chi connectivity index (χ0v) is 10.5. The lowest BCUT2D eigenvalue weighted by Gasteiger charge is -2.37. The van der Waals surface area contributed by atoms with Crippen molar-refractivity contribution in [1.82, 2.24) is 0 Å². The topological polar surface area (TPSA) is 74.2 Å². The summed E-state index contributed by atoms with van der Waals surface area (Å²) in [6.07, 6.45) is 3.00. The van der Waals surface area contributed by atoms with Gasteiger partial charge in [0.05, 0.1) is 0 Å². The summed E-state index contributed by atoms with van der Waals surface area (Å²) in [5, 5.41) is 9.14. The van der Waals surface area contributed by atoms with Crippen molar-refractivity contribution in [3.63, 3.8) is 0 Å². The summed E-state index contributed by atoms with van der Waals surface area (Å²) in [5.41, 5.74) is 4.32. The fourth-order valence-electron chi connectivity index (χ4n) is 2.20. The van der Waals surface area contributed by atoms with Gasteiger partial charge >= 0.3 is 5.97 Å². The third kappa shape index (κ3) is 2.89. The average molecular weight is 250 g/mol. The highest BCUT2D eigenvalue weighted by molar-refractivity contribution is 5.78. The summed E-state index contributed by atoms with van der Waals surface area (Å²) < 4.78 is 5.60. The van der Waals surface area contributed by atoms with Gasteiger partial charge in [-0.25, -0.2) is 4.79 Å². The van der Waals surface area contributed by atoms with E-state index in [0.717, 1.165) is 12.8 Å². The smallest absolute Gasteiger partial charge is 0.335 e. The van der Waals surface area contributed by atoms with Gasteiger partial charge in [0.25, 0.3) is 0 Å². The van der Waals surface area contributed by atoms with Crippen LogP contribution in [0.2, 0.25) is 0 Å². The molecule has 98 valence electrons. The molecule has 18 heavy (non-hydrogen) atoms. The van der Waals surface area contributed by atoms with Gasteiger partial charge in [-0.3, -0.25) is 0 Å². The van der Waals surface area contributed by atoms with Crippen LogP contribution in [0.3, 0.4) is 0 Å². The summed E-state index contributed by atoms with van der Waals surface area (Å²) in [7, 11) is 0. The first kappa shape index (κ1) is 13.1. The van der Waals surface area contributed by atoms with Crippen molar-refractivity contribution in [2.24, 2.45) is 0 Å². The first-order valence-corrected chi connectivity index (χ1v) is 6.37. The van der Waals surface area contributed by atoms with Gasteiger partial charge < -0.3 is 15.6 Å². The van der Waals surface area contributed by atoms with Gasteiger partial charge in [-0.2, -0.15) is 0 Å². The fraction of sp³-hybridized carbons (Fsp3) is 0.500. The summed E-state index contributed by atoms with van der Waals surface area (Å²) in [6, 6.07) is 10.2. The van der Waals surface area contributed by atoms with Crippen LogP contribution in [-0.4, -0.2) is 29.3 Å². The van der Waals surface area contributed by atoms with E-state index in [2.05, 4.69) is 17.9 Å². The highest BCUT2D eigenvalue weighted by atomic mass is 16.5. The summed E-state index contributed by atoms with van der Waals surface area (Å²) in [6.45, 7) is 0.404. The van der Waals surface area contributed by atoms with Crippen molar-refractivity contribution in [1.29, 1.82) is 0 Å². The first-order chi connectivity index (χ1) is 8.62. The van der Waals surface area contributed by atoms with Crippen molar-refractivity contribution < 1.29 is 20.4 Å². The number of quaternary nitrogens is 1. The molecule has 1 aromatic carbocycles. The molecule has 0 heterocycles. The Morgan fingerprint density at radius 2 is 2.06 bits per heavy atom. The van der Waals surface area contributed by atoms with E-state index in [9.17, 15) is 4.79 Å². The van der Waals surface area contributed by atoms with Gasteiger partial charge in [0, 0.05) is 6.42 Å². The molecule has 2 rings (SSSR count). The average Bonchev–Trinajstić information content (AvgIpc) is 2.28. The van der Waals surface area contributed by atoms with E-state index in [1.54, 1.807) is 0 Å². The van der Waals surface area contributed by atoms with Crippen molar-refractivity contribution in [2.45, 2.75) is 37.3 Å². The molecule has 0 bridgehead atoms. The van der Waals surface area contributed by atoms with Gasteiger partial charge in [-0.05, 0) is 24.8 Å². The Balaban J connectivity index is 1.81. The first-order valence-electron chi connectivity index (χ1n) is 6.37. The number of rotatable bonds is 6. The molecule has 0 aliphatic heterocycles. The predicted molar refractivity (Wildman–Crippen MR) is 67.0 cm³/mol. The highest BCUT2D eigenvalue weighted by Crippen LogP contribution is 2.35. The molecule has 1 aromatic rings. The van der Waals surface area contributed by atoms with Crippen molar-refractivity contribution in [2.75, 3.05) is 6.61 Å². The lowest BCUT2D eigenvalue weighted by molar-refractivity contribution is -0.429. The lowest BCUT2D eigenvalue weighted by atomic mass is 9.80.